The van der Waals surface area contributed by atoms with Crippen molar-refractivity contribution in [2.75, 3.05) is 6.54 Å². The van der Waals surface area contributed by atoms with Crippen molar-refractivity contribution in [3.63, 3.8) is 0 Å². The predicted molar refractivity (Wildman–Crippen MR) is 37.9 cm³/mol. The summed E-state index contributed by atoms with van der Waals surface area (Å²) in [6, 6.07) is 0. The van der Waals surface area contributed by atoms with E-state index < -0.39 is 17.8 Å². The van der Waals surface area contributed by atoms with Gasteiger partial charge in [0.05, 0.1) is 5.92 Å². The number of nitrogens with two attached hydrogens (primary N) is 1. The van der Waals surface area contributed by atoms with E-state index in [1.54, 1.807) is 0 Å². The molecule has 2 unspecified atom stereocenters. The second-order valence-corrected chi connectivity index (χ2v) is 2.79. The number of carboxylic acid groups (broad SMARTS) is 1. The molecule has 0 radical (unpaired) electrons. The highest BCUT2D eigenvalue weighted by Gasteiger charge is 2.37. The van der Waals surface area contributed by atoms with Crippen molar-refractivity contribution in [1.29, 1.82) is 0 Å². The highest BCUT2D eigenvalue weighted by atomic mass is 16.4. The van der Waals surface area contributed by atoms with Crippen molar-refractivity contribution in [3.8, 4) is 0 Å². The number of carbonyl (C=O) groups excluding carboxylic acids is 1. The van der Waals surface area contributed by atoms with E-state index in [9.17, 15) is 9.59 Å². The molecule has 1 rings (SSSR count). The lowest BCUT2D eigenvalue weighted by atomic mass is 9.96. The van der Waals surface area contributed by atoms with Crippen molar-refractivity contribution in [3.05, 3.63) is 0 Å². The Hall–Kier alpha value is -0.900. The fraction of sp³-hybridized carbons (Fsp3) is 0.714. The third-order valence-electron chi connectivity index (χ3n) is 2.17. The van der Waals surface area contributed by atoms with Crippen molar-refractivity contribution < 1.29 is 14.7 Å². The zero-order chi connectivity index (χ0) is 8.43. The lowest BCUT2D eigenvalue weighted by Gasteiger charge is -2.10. The average Bonchev–Trinajstić information content (AvgIpc) is 2.30. The van der Waals surface area contributed by atoms with E-state index in [1.807, 2.05) is 0 Å². The van der Waals surface area contributed by atoms with Crippen LogP contribution < -0.4 is 5.73 Å². The molecule has 0 heterocycles. The molecule has 62 valence electrons. The van der Waals surface area contributed by atoms with Crippen LogP contribution in [0, 0.1) is 11.8 Å². The van der Waals surface area contributed by atoms with Crippen LogP contribution in [0.5, 0.6) is 0 Å². The molecule has 0 aromatic carbocycles. The number of Topliss-reactive ketones (excluding diaryl/α,β-unsaturated/α-hetero) is 1. The quantitative estimate of drug-likeness (QED) is 0.572. The monoisotopic (exact) mass is 157 g/mol. The van der Waals surface area contributed by atoms with Gasteiger partial charge in [-0.1, -0.05) is 0 Å². The summed E-state index contributed by atoms with van der Waals surface area (Å²) >= 11 is 0. The van der Waals surface area contributed by atoms with Gasteiger partial charge >= 0.3 is 5.97 Å². The van der Waals surface area contributed by atoms with Crippen molar-refractivity contribution in [1.82, 2.24) is 0 Å². The van der Waals surface area contributed by atoms with E-state index in [0.29, 0.717) is 12.8 Å². The van der Waals surface area contributed by atoms with Gasteiger partial charge in [-0.3, -0.25) is 9.59 Å². The Balaban J connectivity index is 2.68. The maximum absolute atomic E-state index is 11.0. The number of carboxylic acids is 1. The molecule has 1 saturated carbocycles. The number of hydrogen-bond acceptors (Lipinski definition) is 3. The topological polar surface area (TPSA) is 80.4 Å². The molecular formula is C7H11NO3. The highest BCUT2D eigenvalue weighted by molar-refractivity contribution is 5.89. The summed E-state index contributed by atoms with van der Waals surface area (Å²) in [5.41, 5.74) is 5.27. The van der Waals surface area contributed by atoms with Gasteiger partial charge in [0.15, 0.2) is 0 Å². The van der Waals surface area contributed by atoms with Gasteiger partial charge in [0, 0.05) is 18.9 Å². The Kier molecular flexibility index (Phi) is 2.24. The molecule has 0 aliphatic heterocycles. The minimum atomic E-state index is -0.897. The smallest absolute Gasteiger partial charge is 0.307 e. The van der Waals surface area contributed by atoms with Crippen LogP contribution in [-0.2, 0) is 9.59 Å². The van der Waals surface area contributed by atoms with Crippen LogP contribution in [0.4, 0.5) is 0 Å². The van der Waals surface area contributed by atoms with Gasteiger partial charge in [-0.2, -0.15) is 0 Å². The number of hydrogen-bond donors (Lipinski definition) is 2. The molecule has 11 heavy (non-hydrogen) atoms. The molecule has 0 aromatic heterocycles. The van der Waals surface area contributed by atoms with Gasteiger partial charge in [0.25, 0.3) is 0 Å². The largest absolute Gasteiger partial charge is 0.481 e. The zero-order valence-electron chi connectivity index (χ0n) is 6.12. The Morgan fingerprint density at radius 3 is 2.73 bits per heavy atom. The highest BCUT2D eigenvalue weighted by Crippen LogP contribution is 2.27. The van der Waals surface area contributed by atoms with E-state index in [-0.39, 0.29) is 12.3 Å². The first-order valence-electron chi connectivity index (χ1n) is 3.62. The van der Waals surface area contributed by atoms with Crippen LogP contribution in [0.15, 0.2) is 0 Å². The zero-order valence-corrected chi connectivity index (χ0v) is 6.12. The number of carbonyl (C=O) groups is 2. The molecule has 2 atom stereocenters. The minimum Gasteiger partial charge on any atom is -0.481 e. The molecular weight excluding hydrogens is 146 g/mol. The summed E-state index contributed by atoms with van der Waals surface area (Å²) in [5, 5.41) is 8.62. The lowest BCUT2D eigenvalue weighted by molar-refractivity contribution is -0.144. The molecule has 0 saturated heterocycles. The Labute approximate surface area is 64.4 Å². The van der Waals surface area contributed by atoms with Crippen LogP contribution in [0.3, 0.4) is 0 Å². The van der Waals surface area contributed by atoms with Crippen LogP contribution in [0.25, 0.3) is 0 Å². The second-order valence-electron chi connectivity index (χ2n) is 2.79. The van der Waals surface area contributed by atoms with E-state index in [4.69, 9.17) is 10.8 Å². The van der Waals surface area contributed by atoms with Crippen molar-refractivity contribution in [2.45, 2.75) is 12.8 Å². The number of aliphatic carboxylic acids is 1. The lowest BCUT2D eigenvalue weighted by Crippen LogP contribution is -2.28. The van der Waals surface area contributed by atoms with Crippen LogP contribution in [0.2, 0.25) is 0 Å². The summed E-state index contributed by atoms with van der Waals surface area (Å²) in [7, 11) is 0. The van der Waals surface area contributed by atoms with Crippen LogP contribution in [0.1, 0.15) is 12.8 Å². The molecule has 3 N–H and O–H groups in total. The van der Waals surface area contributed by atoms with Gasteiger partial charge in [0.2, 0.25) is 0 Å². The molecule has 0 aromatic rings. The molecule has 1 fully saturated rings. The second kappa shape index (κ2) is 3.00. The molecule has 4 heteroatoms. The SMILES string of the molecule is NCC1C(=O)CCC1C(=O)O. The average molecular weight is 157 g/mol. The Morgan fingerprint density at radius 1 is 1.73 bits per heavy atom. The van der Waals surface area contributed by atoms with Crippen molar-refractivity contribution >= 4 is 11.8 Å². The number of rotatable bonds is 2. The molecule has 0 bridgehead atoms. The van der Waals surface area contributed by atoms with E-state index in [2.05, 4.69) is 0 Å². The van der Waals surface area contributed by atoms with Gasteiger partial charge in [-0.15, -0.1) is 0 Å². The van der Waals surface area contributed by atoms with Gasteiger partial charge in [-0.05, 0) is 6.42 Å². The van der Waals surface area contributed by atoms with E-state index in [1.165, 1.54) is 0 Å². The predicted octanol–water partition coefficient (Wildman–Crippen LogP) is -0.375. The summed E-state index contributed by atoms with van der Waals surface area (Å²) in [4.78, 5) is 21.5. The summed E-state index contributed by atoms with van der Waals surface area (Å²) < 4.78 is 0. The first-order chi connectivity index (χ1) is 5.16. The molecule has 4 nitrogen and oxygen atoms in total. The first-order valence-corrected chi connectivity index (χ1v) is 3.62. The fourth-order valence-electron chi connectivity index (χ4n) is 1.50. The van der Waals surface area contributed by atoms with E-state index in [0.717, 1.165) is 0 Å². The van der Waals surface area contributed by atoms with Crippen LogP contribution >= 0.6 is 0 Å². The third-order valence-corrected chi connectivity index (χ3v) is 2.17. The molecule has 1 aliphatic rings. The Bertz CT molecular complexity index is 190. The fourth-order valence-corrected chi connectivity index (χ4v) is 1.50. The van der Waals surface area contributed by atoms with Gasteiger partial charge in [-0.25, -0.2) is 0 Å². The minimum absolute atomic E-state index is 0.0000926. The summed E-state index contributed by atoms with van der Waals surface area (Å²) in [5.74, 6) is -1.87. The molecule has 0 amide bonds. The third kappa shape index (κ3) is 1.40. The molecule has 1 aliphatic carbocycles. The van der Waals surface area contributed by atoms with Gasteiger partial charge < -0.3 is 10.8 Å². The first kappa shape index (κ1) is 8.20. The summed E-state index contributed by atoms with van der Waals surface area (Å²) in [6.07, 6.45) is 0.828. The van der Waals surface area contributed by atoms with E-state index >= 15 is 0 Å². The van der Waals surface area contributed by atoms with Crippen LogP contribution in [-0.4, -0.2) is 23.4 Å². The molecule has 0 spiro atoms. The normalized spacial score (nSPS) is 30.8. The number of ketones is 1. The van der Waals surface area contributed by atoms with Crippen molar-refractivity contribution in [2.24, 2.45) is 17.6 Å². The van der Waals surface area contributed by atoms with Gasteiger partial charge in [0.1, 0.15) is 5.78 Å². The standard InChI is InChI=1S/C7H11NO3/c8-3-5-4(7(10)11)1-2-6(5)9/h4-5H,1-3,8H2,(H,10,11). The Morgan fingerprint density at radius 2 is 2.36 bits per heavy atom. The maximum Gasteiger partial charge on any atom is 0.307 e. The maximum atomic E-state index is 11.0. The summed E-state index contributed by atoms with van der Waals surface area (Å²) in [6.45, 7) is 0.163.